The van der Waals surface area contributed by atoms with Crippen molar-refractivity contribution in [2.24, 2.45) is 11.8 Å². The summed E-state index contributed by atoms with van der Waals surface area (Å²) in [5, 5.41) is 53.0. The van der Waals surface area contributed by atoms with E-state index in [0.29, 0.717) is 109 Å². The standard InChI is InChI=1S/C81H126N6O28/c1-60(19-11-13-37-82-75(95)57-111-52-48-107-42-18-22-66(90)56-110-51-49-108-45-39-84-72(92)36-35-70(81(104)105)87-74(94)24-10-6-4-8-16-44-115-68-32-27-63(28-33-68)79(100)101)71(91)55-64(61(2)88)20-12-14-38-83-76(96)58-113-54-50-109-46-40-85-77(97)59-112-53-47-106-41-17-21-65(89)29-34-69(80(102)103)86-73(93)23-9-5-3-7-15-43-114-67-30-25-62(26-31-67)78(98)99/h25-28,30-33,60,64,69-70H,3-24,29,34-59H2,1-2H3,(H,82,95)(H,83,96)(H,84,92)(H,85,97)(H,86,93)(H,87,94)(H,98,99)(H,100,101)(H,102,103)(H,104,105)/t60-,64+,69-,70-/m0/s1. The van der Waals surface area contributed by atoms with Crippen molar-refractivity contribution in [3.8, 4) is 11.5 Å². The second kappa shape index (κ2) is 67.3. The van der Waals surface area contributed by atoms with E-state index in [1.54, 1.807) is 24.3 Å². The first-order valence-corrected chi connectivity index (χ1v) is 40.2. The number of Topliss-reactive ketones (excluding diaryl/α,β-unsaturated/α-hetero) is 4. The van der Waals surface area contributed by atoms with Crippen LogP contribution in [0.3, 0.4) is 0 Å². The number of carbonyl (C=O) groups excluding carboxylic acids is 10. The Balaban J connectivity index is 1.33. The number of unbranched alkanes of at least 4 members (excludes halogenated alkanes) is 10. The van der Waals surface area contributed by atoms with Crippen LogP contribution in [0.1, 0.15) is 208 Å². The molecule has 0 aromatic heterocycles. The Morgan fingerprint density at radius 1 is 0.322 bits per heavy atom. The summed E-state index contributed by atoms with van der Waals surface area (Å²) >= 11 is 0. The van der Waals surface area contributed by atoms with Gasteiger partial charge in [0.25, 0.3) is 0 Å². The molecule has 34 heteroatoms. The highest BCUT2D eigenvalue weighted by molar-refractivity contribution is 5.90. The fraction of sp³-hybridized carbons (Fsp3) is 0.679. The van der Waals surface area contributed by atoms with Crippen LogP contribution in [0.5, 0.6) is 11.5 Å². The molecule has 648 valence electrons. The first kappa shape index (κ1) is 102. The summed E-state index contributed by atoms with van der Waals surface area (Å²) < 4.78 is 54.6. The topological polar surface area (TPSA) is 484 Å². The lowest BCUT2D eigenvalue weighted by Gasteiger charge is -2.16. The maximum Gasteiger partial charge on any atom is 0.335 e. The molecule has 0 bridgehead atoms. The highest BCUT2D eigenvalue weighted by Gasteiger charge is 2.25. The molecule has 0 radical (unpaired) electrons. The minimum absolute atomic E-state index is 0.00246. The second-order valence-electron chi connectivity index (χ2n) is 27.6. The van der Waals surface area contributed by atoms with Gasteiger partial charge in [-0.3, -0.25) is 47.9 Å². The van der Waals surface area contributed by atoms with Crippen molar-refractivity contribution in [3.05, 3.63) is 59.7 Å². The van der Waals surface area contributed by atoms with Gasteiger partial charge >= 0.3 is 23.9 Å². The molecule has 2 aromatic carbocycles. The van der Waals surface area contributed by atoms with Gasteiger partial charge in [-0.25, -0.2) is 19.2 Å². The van der Waals surface area contributed by atoms with E-state index in [4.69, 9.17) is 57.6 Å². The number of carboxylic acid groups (broad SMARTS) is 4. The van der Waals surface area contributed by atoms with Gasteiger partial charge in [0.05, 0.1) is 90.4 Å². The molecule has 34 nitrogen and oxygen atoms in total. The third kappa shape index (κ3) is 57.7. The number of benzene rings is 2. The van der Waals surface area contributed by atoms with E-state index < -0.39 is 53.7 Å². The zero-order valence-electron chi connectivity index (χ0n) is 67.2. The number of aromatic carboxylic acids is 2. The summed E-state index contributed by atoms with van der Waals surface area (Å²) in [7, 11) is 0. The lowest BCUT2D eigenvalue weighted by molar-refractivity contribution is -0.142. The van der Waals surface area contributed by atoms with E-state index in [9.17, 15) is 77.3 Å². The maximum absolute atomic E-state index is 13.0. The number of amides is 6. The van der Waals surface area contributed by atoms with Crippen LogP contribution in [0.2, 0.25) is 0 Å². The summed E-state index contributed by atoms with van der Waals surface area (Å²) in [5.41, 5.74) is 0.365. The number of hydrogen-bond acceptors (Lipinski definition) is 24. The lowest BCUT2D eigenvalue weighted by atomic mass is 9.87. The predicted octanol–water partition coefficient (Wildman–Crippen LogP) is 6.36. The number of carbonyl (C=O) groups is 14. The van der Waals surface area contributed by atoms with Gasteiger partial charge < -0.3 is 99.7 Å². The molecule has 0 saturated heterocycles. The molecule has 0 heterocycles. The minimum Gasteiger partial charge on any atom is -0.494 e. The van der Waals surface area contributed by atoms with Crippen molar-refractivity contribution >= 4 is 82.5 Å². The van der Waals surface area contributed by atoms with E-state index in [0.717, 1.165) is 51.4 Å². The van der Waals surface area contributed by atoms with E-state index >= 15 is 0 Å². The third-order valence-corrected chi connectivity index (χ3v) is 17.8. The van der Waals surface area contributed by atoms with Crippen LogP contribution in [0, 0.1) is 11.8 Å². The summed E-state index contributed by atoms with van der Waals surface area (Å²) in [6.45, 7) is 7.19. The van der Waals surface area contributed by atoms with Gasteiger partial charge in [0.15, 0.2) is 5.78 Å². The molecule has 0 saturated carbocycles. The van der Waals surface area contributed by atoms with Gasteiger partial charge in [-0.2, -0.15) is 0 Å². The highest BCUT2D eigenvalue weighted by atomic mass is 16.5. The van der Waals surface area contributed by atoms with Gasteiger partial charge in [0.2, 0.25) is 35.4 Å². The van der Waals surface area contributed by atoms with Crippen molar-refractivity contribution in [1.29, 1.82) is 0 Å². The van der Waals surface area contributed by atoms with Crippen LogP contribution in [0.4, 0.5) is 0 Å². The van der Waals surface area contributed by atoms with Gasteiger partial charge in [-0.15, -0.1) is 0 Å². The van der Waals surface area contributed by atoms with Crippen LogP contribution < -0.4 is 41.4 Å². The number of carboxylic acids is 4. The molecule has 115 heavy (non-hydrogen) atoms. The van der Waals surface area contributed by atoms with Crippen LogP contribution in [0.15, 0.2) is 48.5 Å². The van der Waals surface area contributed by atoms with Gasteiger partial charge in [-0.1, -0.05) is 58.3 Å². The van der Waals surface area contributed by atoms with Crippen molar-refractivity contribution < 1.29 is 135 Å². The molecule has 10 N–H and O–H groups in total. The quantitative estimate of drug-likeness (QED) is 0.0322. The smallest absolute Gasteiger partial charge is 0.335 e. The van der Waals surface area contributed by atoms with E-state index in [1.165, 1.54) is 31.2 Å². The molecule has 0 aliphatic heterocycles. The fourth-order valence-electron chi connectivity index (χ4n) is 11.1. The largest absolute Gasteiger partial charge is 0.494 e. The SMILES string of the molecule is CC(=O)[C@H](CCCCNC(=O)COCCOCCNC(=O)COCCOCCCC(=O)CC[C@H](NC(=O)CCCCCCCOc1ccc(C(=O)O)cc1)C(=O)O)CC(=O)[C@@H](C)CCCCNC(=O)COCCOCCCC(=O)COCCOCCNC(=O)CC[C@H](NC(=O)CCCCCCCOc1ccc(C(=O)O)cc1)C(=O)O. The Bertz CT molecular complexity index is 3140. The van der Waals surface area contributed by atoms with Crippen LogP contribution in [0.25, 0.3) is 0 Å². The van der Waals surface area contributed by atoms with Crippen LogP contribution >= 0.6 is 0 Å². The average molecular weight is 1630 g/mol. The fourth-order valence-corrected chi connectivity index (χ4v) is 11.1. The normalized spacial score (nSPS) is 12.1. The van der Waals surface area contributed by atoms with Gasteiger partial charge in [-0.05, 0) is 133 Å². The Morgan fingerprint density at radius 3 is 1.13 bits per heavy atom. The number of ether oxygens (including phenoxy) is 10. The summed E-state index contributed by atoms with van der Waals surface area (Å²) in [4.78, 5) is 169. The summed E-state index contributed by atoms with van der Waals surface area (Å²) in [5.74, 6) is -6.42. The van der Waals surface area contributed by atoms with Crippen LogP contribution in [-0.2, 0) is 95.4 Å². The first-order chi connectivity index (χ1) is 55.4. The molecule has 2 rings (SSSR count). The van der Waals surface area contributed by atoms with Crippen molar-refractivity contribution in [1.82, 2.24) is 31.9 Å². The van der Waals surface area contributed by atoms with E-state index in [1.807, 2.05) is 6.92 Å². The third-order valence-electron chi connectivity index (χ3n) is 17.8. The number of aliphatic carboxylic acids is 2. The molecule has 0 aliphatic rings. The van der Waals surface area contributed by atoms with Gasteiger partial charge in [0.1, 0.15) is 67.4 Å². The monoisotopic (exact) mass is 1630 g/mol. The molecular weight excluding hydrogens is 1500 g/mol. The molecule has 0 aliphatic carbocycles. The minimum atomic E-state index is -1.23. The predicted molar refractivity (Wildman–Crippen MR) is 419 cm³/mol. The molecular formula is C81H126N6O28. The molecule has 4 atom stereocenters. The molecule has 0 unspecified atom stereocenters. The van der Waals surface area contributed by atoms with Crippen molar-refractivity contribution in [2.45, 2.75) is 199 Å². The second-order valence-corrected chi connectivity index (χ2v) is 27.6. The van der Waals surface area contributed by atoms with Crippen molar-refractivity contribution in [2.75, 3.05) is 145 Å². The maximum atomic E-state index is 13.0. The number of rotatable bonds is 78. The number of nitrogens with one attached hydrogen (secondary N) is 6. The number of ketones is 4. The Morgan fingerprint density at radius 2 is 0.696 bits per heavy atom. The molecule has 0 fully saturated rings. The van der Waals surface area contributed by atoms with E-state index in [2.05, 4.69) is 31.9 Å². The number of hydrogen-bond donors (Lipinski definition) is 10. The zero-order valence-corrected chi connectivity index (χ0v) is 67.2. The van der Waals surface area contributed by atoms with E-state index in [-0.39, 0.29) is 234 Å². The van der Waals surface area contributed by atoms with Crippen LogP contribution in [-0.4, -0.2) is 260 Å². The molecule has 6 amide bonds. The summed E-state index contributed by atoms with van der Waals surface area (Å²) in [6.07, 6.45) is 13.0. The van der Waals surface area contributed by atoms with Gasteiger partial charge in [0, 0.05) is 96.2 Å². The Kier molecular flexibility index (Phi) is 59.8. The Hall–Kier alpha value is -8.90. The molecule has 2 aromatic rings. The Labute approximate surface area is 674 Å². The average Bonchev–Trinajstić information content (AvgIpc) is 0.893. The first-order valence-electron chi connectivity index (χ1n) is 40.2. The zero-order chi connectivity index (χ0) is 84.3. The highest BCUT2D eigenvalue weighted by Crippen LogP contribution is 2.21. The summed E-state index contributed by atoms with van der Waals surface area (Å²) in [6, 6.07) is 9.96. The molecule has 0 spiro atoms. The lowest BCUT2D eigenvalue weighted by Crippen LogP contribution is -2.41. The van der Waals surface area contributed by atoms with Crippen molar-refractivity contribution in [3.63, 3.8) is 0 Å².